The van der Waals surface area contributed by atoms with Gasteiger partial charge in [-0.2, -0.15) is 0 Å². The first-order valence-corrected chi connectivity index (χ1v) is 13.9. The molecule has 4 heterocycles. The molecule has 1 saturated heterocycles. The van der Waals surface area contributed by atoms with E-state index in [0.717, 1.165) is 62.7 Å². The minimum atomic E-state index is -0.127. The average Bonchev–Trinajstić information content (AvgIpc) is 3.81. The summed E-state index contributed by atoms with van der Waals surface area (Å²) in [4.78, 5) is 24.7. The standard InChI is InChI=1S/C30H28N4O3S/c35-29-17-22(34-11-13-36-14-12-34)16-25(33-29)23-4-2-6-27-30(23)37-26-10-9-20(15-28(26)38-27)31-18-21-3-1-5-24(32-21)19-7-8-19/h1-6,9-10,15-17,19,31H,7-8,11-14,18H2,(H,33,35). The second-order valence-corrected chi connectivity index (χ2v) is 11.0. The summed E-state index contributed by atoms with van der Waals surface area (Å²) in [6.45, 7) is 3.56. The van der Waals surface area contributed by atoms with Crippen molar-refractivity contribution >= 4 is 23.1 Å². The molecule has 0 atom stereocenters. The highest BCUT2D eigenvalue weighted by molar-refractivity contribution is 7.99. The number of hydrogen-bond donors (Lipinski definition) is 2. The Labute approximate surface area is 225 Å². The van der Waals surface area contributed by atoms with Gasteiger partial charge in [-0.15, -0.1) is 0 Å². The molecule has 8 heteroatoms. The molecule has 1 aliphatic carbocycles. The van der Waals surface area contributed by atoms with E-state index < -0.39 is 0 Å². The topological polar surface area (TPSA) is 79.5 Å². The second kappa shape index (κ2) is 9.85. The lowest BCUT2D eigenvalue weighted by atomic mass is 10.1. The van der Waals surface area contributed by atoms with Crippen molar-refractivity contribution in [3.8, 4) is 22.8 Å². The zero-order valence-corrected chi connectivity index (χ0v) is 21.7. The normalized spacial score (nSPS) is 16.4. The molecular weight excluding hydrogens is 496 g/mol. The van der Waals surface area contributed by atoms with Crippen LogP contribution in [0.2, 0.25) is 0 Å². The predicted molar refractivity (Wildman–Crippen MR) is 150 cm³/mol. The van der Waals surface area contributed by atoms with Crippen LogP contribution in [0.25, 0.3) is 11.3 Å². The lowest BCUT2D eigenvalue weighted by Gasteiger charge is -2.29. The highest BCUT2D eigenvalue weighted by Gasteiger charge is 2.25. The highest BCUT2D eigenvalue weighted by atomic mass is 32.2. The van der Waals surface area contributed by atoms with Crippen molar-refractivity contribution in [2.45, 2.75) is 35.1 Å². The molecule has 0 amide bonds. The fraction of sp³-hybridized carbons (Fsp3) is 0.267. The Balaban J connectivity index is 1.12. The molecule has 0 radical (unpaired) electrons. The molecule has 38 heavy (non-hydrogen) atoms. The SMILES string of the molecule is O=c1cc(N2CCOCC2)cc(-c2cccc3c2Oc2ccc(NCc4cccc(C5CC5)n4)cc2S3)[nH]1. The molecule has 0 spiro atoms. The molecule has 2 fully saturated rings. The first-order valence-electron chi connectivity index (χ1n) is 13.1. The number of fused-ring (bicyclic) bond motifs is 2. The quantitative estimate of drug-likeness (QED) is 0.281. The summed E-state index contributed by atoms with van der Waals surface area (Å²) in [5, 5.41) is 3.52. The van der Waals surface area contributed by atoms with Crippen LogP contribution in [0.15, 0.2) is 81.3 Å². The summed E-state index contributed by atoms with van der Waals surface area (Å²) in [5.41, 5.74) is 5.69. The van der Waals surface area contributed by atoms with Crippen LogP contribution in [-0.2, 0) is 11.3 Å². The molecule has 2 aromatic carbocycles. The van der Waals surface area contributed by atoms with E-state index in [1.165, 1.54) is 18.5 Å². The van der Waals surface area contributed by atoms with Crippen LogP contribution in [0.5, 0.6) is 11.5 Å². The maximum absolute atomic E-state index is 12.6. The number of para-hydroxylation sites is 1. The first-order chi connectivity index (χ1) is 18.7. The van der Waals surface area contributed by atoms with Crippen molar-refractivity contribution in [3.63, 3.8) is 0 Å². The van der Waals surface area contributed by atoms with Gasteiger partial charge in [-0.3, -0.25) is 9.78 Å². The van der Waals surface area contributed by atoms with E-state index in [0.29, 0.717) is 25.7 Å². The molecular formula is C30H28N4O3S. The fourth-order valence-corrected chi connectivity index (χ4v) is 6.02. The van der Waals surface area contributed by atoms with E-state index >= 15 is 0 Å². The van der Waals surface area contributed by atoms with E-state index in [1.807, 2.05) is 30.3 Å². The fourth-order valence-electron chi connectivity index (χ4n) is 5.00. The van der Waals surface area contributed by atoms with E-state index in [9.17, 15) is 4.79 Å². The molecule has 4 aromatic rings. The summed E-state index contributed by atoms with van der Waals surface area (Å²) >= 11 is 1.68. The summed E-state index contributed by atoms with van der Waals surface area (Å²) in [6.07, 6.45) is 2.51. The summed E-state index contributed by atoms with van der Waals surface area (Å²) in [5.74, 6) is 2.22. The zero-order valence-electron chi connectivity index (χ0n) is 20.9. The molecule has 0 bridgehead atoms. The monoisotopic (exact) mass is 524 g/mol. The van der Waals surface area contributed by atoms with Gasteiger partial charge < -0.3 is 24.7 Å². The van der Waals surface area contributed by atoms with Gasteiger partial charge >= 0.3 is 0 Å². The first kappa shape index (κ1) is 23.4. The number of benzene rings is 2. The van der Waals surface area contributed by atoms with Crippen molar-refractivity contribution in [3.05, 3.63) is 88.5 Å². The van der Waals surface area contributed by atoms with Gasteiger partial charge in [0.15, 0.2) is 5.75 Å². The zero-order chi connectivity index (χ0) is 25.5. The van der Waals surface area contributed by atoms with Gasteiger partial charge in [-0.1, -0.05) is 23.9 Å². The Morgan fingerprint density at radius 2 is 1.87 bits per heavy atom. The van der Waals surface area contributed by atoms with Crippen molar-refractivity contribution in [2.24, 2.45) is 0 Å². The largest absolute Gasteiger partial charge is 0.454 e. The van der Waals surface area contributed by atoms with Gasteiger partial charge in [0, 0.05) is 47.7 Å². The van der Waals surface area contributed by atoms with E-state index in [4.69, 9.17) is 14.5 Å². The van der Waals surface area contributed by atoms with Crippen LogP contribution in [0.3, 0.4) is 0 Å². The van der Waals surface area contributed by atoms with Gasteiger partial charge in [-0.05, 0) is 61.4 Å². The van der Waals surface area contributed by atoms with Gasteiger partial charge in [-0.25, -0.2) is 0 Å². The predicted octanol–water partition coefficient (Wildman–Crippen LogP) is 6.02. The Bertz CT molecular complexity index is 1560. The minimum absolute atomic E-state index is 0.127. The van der Waals surface area contributed by atoms with Crippen molar-refractivity contribution in [2.75, 3.05) is 36.5 Å². The number of anilines is 2. The number of rotatable bonds is 6. The Kier molecular flexibility index (Phi) is 6.06. The minimum Gasteiger partial charge on any atom is -0.454 e. The molecule has 192 valence electrons. The molecule has 7 nitrogen and oxygen atoms in total. The summed E-state index contributed by atoms with van der Waals surface area (Å²) in [6, 6.07) is 22.2. The second-order valence-electron chi connectivity index (χ2n) is 9.90. The molecule has 3 aliphatic rings. The number of morpholine rings is 1. The van der Waals surface area contributed by atoms with Gasteiger partial charge in [0.25, 0.3) is 0 Å². The summed E-state index contributed by atoms with van der Waals surface area (Å²) < 4.78 is 11.9. The van der Waals surface area contributed by atoms with Crippen LogP contribution in [0, 0.1) is 0 Å². The third-order valence-corrected chi connectivity index (χ3v) is 8.23. The summed E-state index contributed by atoms with van der Waals surface area (Å²) in [7, 11) is 0. The van der Waals surface area contributed by atoms with Crippen molar-refractivity contribution in [1.82, 2.24) is 9.97 Å². The smallest absolute Gasteiger partial charge is 0.250 e. The molecule has 2 aromatic heterocycles. The molecule has 7 rings (SSSR count). The molecule has 2 aliphatic heterocycles. The third-order valence-electron chi connectivity index (χ3n) is 7.15. The van der Waals surface area contributed by atoms with Crippen LogP contribution in [0.1, 0.15) is 30.1 Å². The average molecular weight is 525 g/mol. The number of nitrogens with zero attached hydrogens (tertiary/aromatic N) is 2. The lowest BCUT2D eigenvalue weighted by Crippen LogP contribution is -2.36. The molecule has 2 N–H and O–H groups in total. The van der Waals surface area contributed by atoms with Crippen LogP contribution in [0.4, 0.5) is 11.4 Å². The van der Waals surface area contributed by atoms with E-state index in [-0.39, 0.29) is 5.56 Å². The lowest BCUT2D eigenvalue weighted by molar-refractivity contribution is 0.122. The number of H-pyrrole nitrogens is 1. The maximum atomic E-state index is 12.6. The number of hydrogen-bond acceptors (Lipinski definition) is 7. The highest BCUT2D eigenvalue weighted by Crippen LogP contribution is 2.51. The van der Waals surface area contributed by atoms with Crippen LogP contribution >= 0.6 is 11.8 Å². The van der Waals surface area contributed by atoms with Gasteiger partial charge in [0.2, 0.25) is 5.56 Å². The van der Waals surface area contributed by atoms with Gasteiger partial charge in [0.05, 0.1) is 40.9 Å². The number of nitrogens with one attached hydrogen (secondary N) is 2. The number of pyridine rings is 2. The third kappa shape index (κ3) is 4.77. The van der Waals surface area contributed by atoms with Crippen LogP contribution < -0.4 is 20.5 Å². The van der Waals surface area contributed by atoms with Crippen molar-refractivity contribution in [1.29, 1.82) is 0 Å². The van der Waals surface area contributed by atoms with Crippen molar-refractivity contribution < 1.29 is 9.47 Å². The van der Waals surface area contributed by atoms with Gasteiger partial charge in [0.1, 0.15) is 5.75 Å². The Hall–Kier alpha value is -3.75. The molecule has 1 saturated carbocycles. The molecule has 0 unspecified atom stereocenters. The maximum Gasteiger partial charge on any atom is 0.250 e. The van der Waals surface area contributed by atoms with Crippen LogP contribution in [-0.4, -0.2) is 36.3 Å². The van der Waals surface area contributed by atoms with E-state index in [1.54, 1.807) is 17.8 Å². The Morgan fingerprint density at radius 3 is 2.74 bits per heavy atom. The van der Waals surface area contributed by atoms with E-state index in [2.05, 4.69) is 45.5 Å². The number of aromatic nitrogens is 2. The number of ether oxygens (including phenoxy) is 2. The number of aromatic amines is 1. The Morgan fingerprint density at radius 1 is 1.00 bits per heavy atom.